The fraction of sp³-hybridized carbons (Fsp3) is 0.476. The normalized spacial score (nSPS) is 35.2. The standard InChI is InChI=1S/C21H24O9/c1-20(26)18(24)14(22)13-11-12(17(23)21(13,27)19(20)25)16(30-4)10-8(15(11)29-3)6-5-7-9(10)28-2/h5-7,13-14,18-19,22,24-27H,1-4H3/t13-,14-,18+,19-,20-,21-/m0/s1. The summed E-state index contributed by atoms with van der Waals surface area (Å²) in [5.41, 5.74) is -4.99. The minimum atomic E-state index is -2.62. The fourth-order valence-electron chi connectivity index (χ4n) is 5.00. The molecule has 1 saturated carbocycles. The number of ketones is 1. The largest absolute Gasteiger partial charge is 0.496 e. The fourth-order valence-corrected chi connectivity index (χ4v) is 5.00. The Bertz CT molecular complexity index is 1050. The zero-order chi connectivity index (χ0) is 22.2. The molecule has 1 fully saturated rings. The summed E-state index contributed by atoms with van der Waals surface area (Å²) < 4.78 is 16.5. The molecule has 0 amide bonds. The van der Waals surface area contributed by atoms with Gasteiger partial charge in [0.15, 0.2) is 5.60 Å². The Labute approximate surface area is 172 Å². The van der Waals surface area contributed by atoms with Crippen molar-refractivity contribution in [2.45, 2.75) is 42.4 Å². The Balaban J connectivity index is 2.17. The zero-order valence-corrected chi connectivity index (χ0v) is 16.9. The molecule has 0 aromatic heterocycles. The second-order valence-electron chi connectivity index (χ2n) is 7.93. The molecule has 0 aliphatic heterocycles. The number of methoxy groups -OCH3 is 3. The number of aliphatic hydroxyl groups excluding tert-OH is 3. The molecule has 4 rings (SSSR count). The van der Waals surface area contributed by atoms with E-state index in [4.69, 9.17) is 14.2 Å². The lowest BCUT2D eigenvalue weighted by atomic mass is 9.64. The number of fused-ring (bicyclic) bond motifs is 4. The van der Waals surface area contributed by atoms with Crippen LogP contribution in [0.2, 0.25) is 0 Å². The van der Waals surface area contributed by atoms with Crippen molar-refractivity contribution >= 4 is 16.6 Å². The number of carbonyl (C=O) groups excluding carboxylic acids is 1. The highest BCUT2D eigenvalue weighted by atomic mass is 16.5. The first-order valence-electron chi connectivity index (χ1n) is 9.37. The smallest absolute Gasteiger partial charge is 0.202 e. The van der Waals surface area contributed by atoms with Crippen LogP contribution in [0.1, 0.15) is 28.8 Å². The highest BCUT2D eigenvalue weighted by molar-refractivity contribution is 6.17. The van der Waals surface area contributed by atoms with Crippen molar-refractivity contribution in [1.29, 1.82) is 0 Å². The third-order valence-electron chi connectivity index (χ3n) is 6.48. The molecular weight excluding hydrogens is 396 g/mol. The van der Waals surface area contributed by atoms with Crippen molar-refractivity contribution in [3.8, 4) is 17.2 Å². The number of ether oxygens (including phenoxy) is 3. The summed E-state index contributed by atoms with van der Waals surface area (Å²) in [4.78, 5) is 13.5. The van der Waals surface area contributed by atoms with Gasteiger partial charge in [0.05, 0.1) is 44.3 Å². The molecule has 0 unspecified atom stereocenters. The van der Waals surface area contributed by atoms with Gasteiger partial charge in [0.2, 0.25) is 5.78 Å². The van der Waals surface area contributed by atoms with E-state index in [2.05, 4.69) is 0 Å². The number of hydrogen-bond donors (Lipinski definition) is 5. The maximum atomic E-state index is 13.5. The predicted octanol–water partition coefficient (Wildman–Crippen LogP) is -0.276. The predicted molar refractivity (Wildman–Crippen MR) is 104 cm³/mol. The lowest BCUT2D eigenvalue weighted by Crippen LogP contribution is -2.72. The van der Waals surface area contributed by atoms with Crippen molar-refractivity contribution < 1.29 is 44.5 Å². The quantitative estimate of drug-likeness (QED) is 0.453. The van der Waals surface area contributed by atoms with E-state index in [1.807, 2.05) is 0 Å². The SMILES string of the molecule is COc1c2c(c(OC)c3c(OC)cccc13)C(=O)[C@@]1(O)[C@@H]2[C@H](O)[C@@H](O)[C@](C)(O)[C@@H]1O. The number of Topliss-reactive ketones (excluding diaryl/α,β-unsaturated/α-hetero) is 1. The van der Waals surface area contributed by atoms with Gasteiger partial charge in [-0.1, -0.05) is 12.1 Å². The van der Waals surface area contributed by atoms with Gasteiger partial charge in [-0.05, 0) is 13.0 Å². The topological polar surface area (TPSA) is 146 Å². The van der Waals surface area contributed by atoms with Crippen molar-refractivity contribution in [3.05, 3.63) is 29.3 Å². The third kappa shape index (κ3) is 2.21. The first-order valence-corrected chi connectivity index (χ1v) is 9.37. The van der Waals surface area contributed by atoms with Crippen LogP contribution in [-0.2, 0) is 0 Å². The number of benzene rings is 2. The summed E-state index contributed by atoms with van der Waals surface area (Å²) in [6, 6.07) is 5.06. The van der Waals surface area contributed by atoms with Gasteiger partial charge in [0.25, 0.3) is 0 Å². The first kappa shape index (κ1) is 20.8. The van der Waals surface area contributed by atoms with Crippen LogP contribution in [0, 0.1) is 0 Å². The van der Waals surface area contributed by atoms with Crippen LogP contribution in [0.3, 0.4) is 0 Å². The molecule has 9 nitrogen and oxygen atoms in total. The summed E-state index contributed by atoms with van der Waals surface area (Å²) in [5.74, 6) is -1.81. The van der Waals surface area contributed by atoms with Crippen molar-refractivity contribution in [1.82, 2.24) is 0 Å². The molecule has 30 heavy (non-hydrogen) atoms. The van der Waals surface area contributed by atoms with Crippen LogP contribution >= 0.6 is 0 Å². The molecule has 2 aromatic rings. The highest BCUT2D eigenvalue weighted by Crippen LogP contribution is 2.59. The Hall–Kier alpha value is -2.43. The second-order valence-corrected chi connectivity index (χ2v) is 7.93. The monoisotopic (exact) mass is 420 g/mol. The molecule has 2 aliphatic rings. The van der Waals surface area contributed by atoms with E-state index >= 15 is 0 Å². The van der Waals surface area contributed by atoms with Crippen molar-refractivity contribution in [2.24, 2.45) is 0 Å². The molecular formula is C21H24O9. The Morgan fingerprint density at radius 1 is 0.967 bits per heavy atom. The van der Waals surface area contributed by atoms with Gasteiger partial charge >= 0.3 is 0 Å². The zero-order valence-electron chi connectivity index (χ0n) is 16.9. The van der Waals surface area contributed by atoms with Crippen molar-refractivity contribution in [2.75, 3.05) is 21.3 Å². The average Bonchev–Trinajstić information content (AvgIpc) is 2.97. The first-order chi connectivity index (χ1) is 14.1. The Morgan fingerprint density at radius 2 is 1.60 bits per heavy atom. The van der Waals surface area contributed by atoms with Crippen LogP contribution in [0.15, 0.2) is 18.2 Å². The maximum absolute atomic E-state index is 13.5. The van der Waals surface area contributed by atoms with Gasteiger partial charge in [0.1, 0.15) is 35.1 Å². The maximum Gasteiger partial charge on any atom is 0.202 e. The summed E-state index contributed by atoms with van der Waals surface area (Å²) in [6.45, 7) is 1.05. The molecule has 6 atom stereocenters. The highest BCUT2D eigenvalue weighted by Gasteiger charge is 2.71. The average molecular weight is 420 g/mol. The molecule has 5 N–H and O–H groups in total. The minimum Gasteiger partial charge on any atom is -0.496 e. The number of aliphatic hydroxyl groups is 5. The Morgan fingerprint density at radius 3 is 2.17 bits per heavy atom. The minimum absolute atomic E-state index is 0.0691. The summed E-state index contributed by atoms with van der Waals surface area (Å²) >= 11 is 0. The van der Waals surface area contributed by atoms with Gasteiger partial charge in [-0.3, -0.25) is 4.79 Å². The van der Waals surface area contributed by atoms with E-state index in [1.165, 1.54) is 21.3 Å². The molecule has 9 heteroatoms. The second kappa shape index (κ2) is 6.53. The van der Waals surface area contributed by atoms with E-state index < -0.39 is 41.2 Å². The molecule has 2 aromatic carbocycles. The molecule has 0 saturated heterocycles. The van der Waals surface area contributed by atoms with Crippen LogP contribution in [0.5, 0.6) is 17.2 Å². The molecule has 0 bridgehead atoms. The van der Waals surface area contributed by atoms with Crippen LogP contribution in [-0.4, -0.2) is 82.2 Å². The van der Waals surface area contributed by atoms with E-state index in [0.29, 0.717) is 16.5 Å². The molecule has 0 spiro atoms. The van der Waals surface area contributed by atoms with E-state index in [1.54, 1.807) is 18.2 Å². The Kier molecular flexibility index (Phi) is 4.53. The van der Waals surface area contributed by atoms with Crippen molar-refractivity contribution in [3.63, 3.8) is 0 Å². The molecule has 0 radical (unpaired) electrons. The van der Waals surface area contributed by atoms with Gasteiger partial charge < -0.3 is 39.7 Å². The number of carbonyl (C=O) groups is 1. The van der Waals surface area contributed by atoms with E-state index in [9.17, 15) is 30.3 Å². The third-order valence-corrected chi connectivity index (χ3v) is 6.48. The van der Waals surface area contributed by atoms with Gasteiger partial charge in [-0.15, -0.1) is 0 Å². The lowest BCUT2D eigenvalue weighted by Gasteiger charge is -2.51. The van der Waals surface area contributed by atoms with Crippen LogP contribution in [0.25, 0.3) is 10.8 Å². The number of hydrogen-bond acceptors (Lipinski definition) is 9. The van der Waals surface area contributed by atoms with E-state index in [0.717, 1.165) is 6.92 Å². The number of rotatable bonds is 3. The van der Waals surface area contributed by atoms with Crippen LogP contribution in [0.4, 0.5) is 0 Å². The van der Waals surface area contributed by atoms with Gasteiger partial charge in [-0.2, -0.15) is 0 Å². The molecule has 162 valence electrons. The van der Waals surface area contributed by atoms with Gasteiger partial charge in [0, 0.05) is 10.9 Å². The molecule has 0 heterocycles. The van der Waals surface area contributed by atoms with E-state index in [-0.39, 0.29) is 22.6 Å². The van der Waals surface area contributed by atoms with Crippen LogP contribution < -0.4 is 14.2 Å². The summed E-state index contributed by atoms with van der Waals surface area (Å²) in [5, 5.41) is 54.9. The van der Waals surface area contributed by atoms with Gasteiger partial charge in [-0.25, -0.2) is 0 Å². The molecule has 2 aliphatic carbocycles. The lowest BCUT2D eigenvalue weighted by molar-refractivity contribution is -0.252. The summed E-state index contributed by atoms with van der Waals surface area (Å²) in [7, 11) is 4.15. The summed E-state index contributed by atoms with van der Waals surface area (Å²) in [6.07, 6.45) is -5.71.